The first kappa shape index (κ1) is 9.82. The number of rotatable bonds is 4. The first-order chi connectivity index (χ1) is 5.27. The molecule has 2 heteroatoms. The van der Waals surface area contributed by atoms with Gasteiger partial charge in [-0.15, -0.1) is 0 Å². The van der Waals surface area contributed by atoms with E-state index in [1.807, 2.05) is 13.1 Å². The van der Waals surface area contributed by atoms with Crippen LogP contribution in [0.5, 0.6) is 0 Å². The van der Waals surface area contributed by atoms with E-state index in [9.17, 15) is 0 Å². The first-order valence-corrected chi connectivity index (χ1v) is 3.50. The molecular weight excluding hydrogens is 136 g/mol. The summed E-state index contributed by atoms with van der Waals surface area (Å²) < 4.78 is 0. The van der Waals surface area contributed by atoms with Crippen LogP contribution in [0.15, 0.2) is 34.4 Å². The maximum absolute atomic E-state index is 3.99. The summed E-state index contributed by atoms with van der Waals surface area (Å²) in [4.78, 5) is 7.76. The van der Waals surface area contributed by atoms with Crippen molar-refractivity contribution >= 4 is 12.4 Å². The van der Waals surface area contributed by atoms with E-state index in [1.165, 1.54) is 0 Å². The molecule has 11 heavy (non-hydrogen) atoms. The van der Waals surface area contributed by atoms with Gasteiger partial charge in [0.05, 0.1) is 0 Å². The lowest BCUT2D eigenvalue weighted by Crippen LogP contribution is -1.73. The van der Waals surface area contributed by atoms with Gasteiger partial charge in [0.25, 0.3) is 0 Å². The quantitative estimate of drug-likeness (QED) is 0.433. The fourth-order valence-electron chi connectivity index (χ4n) is 0.444. The summed E-state index contributed by atoms with van der Waals surface area (Å²) in [5.74, 6) is 0. The Kier molecular flexibility index (Phi) is 6.19. The minimum atomic E-state index is 0.841. The second kappa shape index (κ2) is 6.93. The third kappa shape index (κ3) is 8.82. The van der Waals surface area contributed by atoms with E-state index in [4.69, 9.17) is 0 Å². The Morgan fingerprint density at radius 2 is 2.27 bits per heavy atom. The predicted molar refractivity (Wildman–Crippen MR) is 51.5 cm³/mol. The van der Waals surface area contributed by atoms with Crippen molar-refractivity contribution < 1.29 is 0 Å². The van der Waals surface area contributed by atoms with Gasteiger partial charge in [0.2, 0.25) is 0 Å². The molecule has 0 N–H and O–H groups in total. The Bertz CT molecular complexity index is 188. The molecule has 0 bridgehead atoms. The maximum atomic E-state index is 3.99. The van der Waals surface area contributed by atoms with Crippen LogP contribution in [-0.2, 0) is 0 Å². The highest BCUT2D eigenvalue weighted by Crippen LogP contribution is 1.90. The van der Waals surface area contributed by atoms with Gasteiger partial charge in [-0.3, -0.25) is 9.98 Å². The van der Waals surface area contributed by atoms with Crippen molar-refractivity contribution in [1.82, 2.24) is 0 Å². The van der Waals surface area contributed by atoms with Gasteiger partial charge in [-0.1, -0.05) is 12.2 Å². The lowest BCUT2D eigenvalue weighted by molar-refractivity contribution is 1.30. The highest BCUT2D eigenvalue weighted by molar-refractivity contribution is 5.71. The molecule has 0 fully saturated rings. The van der Waals surface area contributed by atoms with Crippen molar-refractivity contribution in [3.05, 3.63) is 24.4 Å². The number of aliphatic imine (C=N–C) groups is 2. The van der Waals surface area contributed by atoms with Crippen molar-refractivity contribution in [2.24, 2.45) is 9.98 Å². The largest absolute Gasteiger partial charge is 0.296 e. The summed E-state index contributed by atoms with van der Waals surface area (Å²) in [6.07, 6.45) is 7.85. The van der Waals surface area contributed by atoms with Crippen LogP contribution >= 0.6 is 0 Å². The maximum Gasteiger partial charge on any atom is 0.0279 e. The van der Waals surface area contributed by atoms with Crippen molar-refractivity contribution in [3.8, 4) is 0 Å². The van der Waals surface area contributed by atoms with E-state index >= 15 is 0 Å². The van der Waals surface area contributed by atoms with Gasteiger partial charge in [0.1, 0.15) is 0 Å². The Labute approximate surface area is 68.1 Å². The van der Waals surface area contributed by atoms with Gasteiger partial charge in [-0.25, -0.2) is 0 Å². The molecule has 0 saturated carbocycles. The van der Waals surface area contributed by atoms with Crippen molar-refractivity contribution in [2.75, 3.05) is 7.05 Å². The molecule has 0 aliphatic carbocycles. The van der Waals surface area contributed by atoms with Crippen LogP contribution in [0.1, 0.15) is 13.3 Å². The molecule has 0 aliphatic heterocycles. The third-order valence-electron chi connectivity index (χ3n) is 0.952. The predicted octanol–water partition coefficient (Wildman–Crippen LogP) is 2.24. The highest BCUT2D eigenvalue weighted by Gasteiger charge is 1.76. The summed E-state index contributed by atoms with van der Waals surface area (Å²) in [5, 5.41) is 0. The van der Waals surface area contributed by atoms with Crippen molar-refractivity contribution in [2.45, 2.75) is 13.3 Å². The molecule has 0 spiro atoms. The fourth-order valence-corrected chi connectivity index (χ4v) is 0.444. The van der Waals surface area contributed by atoms with Crippen LogP contribution in [0.2, 0.25) is 0 Å². The van der Waals surface area contributed by atoms with E-state index < -0.39 is 0 Å². The van der Waals surface area contributed by atoms with Crippen LogP contribution < -0.4 is 0 Å². The minimum Gasteiger partial charge on any atom is -0.296 e. The fraction of sp³-hybridized carbons (Fsp3) is 0.333. The summed E-state index contributed by atoms with van der Waals surface area (Å²) in [7, 11) is 1.72. The molecule has 2 nitrogen and oxygen atoms in total. The topological polar surface area (TPSA) is 24.7 Å². The summed E-state index contributed by atoms with van der Waals surface area (Å²) in [5.41, 5.74) is 1.12. The van der Waals surface area contributed by atoms with E-state index in [-0.39, 0.29) is 0 Å². The zero-order chi connectivity index (χ0) is 8.53. The molecule has 0 aromatic rings. The van der Waals surface area contributed by atoms with Gasteiger partial charge in [0, 0.05) is 32.1 Å². The molecule has 0 amide bonds. The number of allylic oxidation sites excluding steroid dienone is 2. The Hall–Kier alpha value is -1.18. The standard InChI is InChI=1S/C9H14N2/c1-9(2)5-8-11-7-4-6-10-3/h4,6-8H,1,5H2,2-3H3/b7-4-,10-6?,11-8?. The molecule has 60 valence electrons. The third-order valence-corrected chi connectivity index (χ3v) is 0.952. The monoisotopic (exact) mass is 150 g/mol. The minimum absolute atomic E-state index is 0.841. The van der Waals surface area contributed by atoms with Crippen LogP contribution in [0, 0.1) is 0 Å². The van der Waals surface area contributed by atoms with E-state index in [1.54, 1.807) is 25.5 Å². The van der Waals surface area contributed by atoms with Crippen LogP contribution in [0.3, 0.4) is 0 Å². The average molecular weight is 150 g/mol. The van der Waals surface area contributed by atoms with Gasteiger partial charge in [-0.2, -0.15) is 0 Å². The lowest BCUT2D eigenvalue weighted by Gasteiger charge is -1.85. The summed E-state index contributed by atoms with van der Waals surface area (Å²) in [6, 6.07) is 0. The second-order valence-electron chi connectivity index (χ2n) is 2.24. The smallest absolute Gasteiger partial charge is 0.0279 e. The van der Waals surface area contributed by atoms with Gasteiger partial charge in [-0.05, 0) is 13.0 Å². The lowest BCUT2D eigenvalue weighted by atomic mass is 10.3. The molecule has 0 rings (SSSR count). The molecule has 0 aromatic heterocycles. The van der Waals surface area contributed by atoms with E-state index in [2.05, 4.69) is 16.6 Å². The molecule has 0 heterocycles. The molecule has 0 atom stereocenters. The molecule has 0 aromatic carbocycles. The average Bonchev–Trinajstić information content (AvgIpc) is 1.96. The van der Waals surface area contributed by atoms with E-state index in [0.717, 1.165) is 12.0 Å². The molecule has 0 saturated heterocycles. The zero-order valence-electron chi connectivity index (χ0n) is 7.12. The normalized spacial score (nSPS) is 12.2. The van der Waals surface area contributed by atoms with Gasteiger partial charge in [0.15, 0.2) is 0 Å². The van der Waals surface area contributed by atoms with Crippen LogP contribution in [-0.4, -0.2) is 19.5 Å². The van der Waals surface area contributed by atoms with Gasteiger partial charge < -0.3 is 0 Å². The Morgan fingerprint density at radius 1 is 1.55 bits per heavy atom. The number of hydrogen-bond acceptors (Lipinski definition) is 2. The van der Waals surface area contributed by atoms with Crippen LogP contribution in [0.25, 0.3) is 0 Å². The highest BCUT2D eigenvalue weighted by atomic mass is 14.7. The number of hydrogen-bond donors (Lipinski definition) is 0. The van der Waals surface area contributed by atoms with Gasteiger partial charge >= 0.3 is 0 Å². The summed E-state index contributed by atoms with van der Waals surface area (Å²) >= 11 is 0. The molecule has 0 unspecified atom stereocenters. The summed E-state index contributed by atoms with van der Waals surface area (Å²) in [6.45, 7) is 5.72. The molecule has 0 radical (unpaired) electrons. The van der Waals surface area contributed by atoms with Crippen molar-refractivity contribution in [3.63, 3.8) is 0 Å². The Morgan fingerprint density at radius 3 is 2.82 bits per heavy atom. The molecular formula is C9H14N2. The van der Waals surface area contributed by atoms with E-state index in [0.29, 0.717) is 0 Å². The molecule has 0 aliphatic rings. The zero-order valence-corrected chi connectivity index (χ0v) is 7.12. The first-order valence-electron chi connectivity index (χ1n) is 3.50. The van der Waals surface area contributed by atoms with Crippen molar-refractivity contribution in [1.29, 1.82) is 0 Å². The Balaban J connectivity index is 3.51. The number of nitrogens with zero attached hydrogens (tertiary/aromatic N) is 2. The second-order valence-corrected chi connectivity index (χ2v) is 2.24. The SMILES string of the molecule is C=C(C)CC=N/C=C\C=NC. The van der Waals surface area contributed by atoms with Crippen LogP contribution in [0.4, 0.5) is 0 Å².